The zero-order valence-electron chi connectivity index (χ0n) is 13.9. The molecule has 1 aliphatic carbocycles. The van der Waals surface area contributed by atoms with E-state index in [1.54, 1.807) is 7.11 Å². The third-order valence-electron chi connectivity index (χ3n) is 3.98. The zero-order valence-corrected chi connectivity index (χ0v) is 13.9. The summed E-state index contributed by atoms with van der Waals surface area (Å²) in [4.78, 5) is 8.96. The van der Waals surface area contributed by atoms with Gasteiger partial charge in [-0.2, -0.15) is 4.98 Å². The highest BCUT2D eigenvalue weighted by Gasteiger charge is 2.14. The molecule has 0 atom stereocenters. The monoisotopic (exact) mass is 307 g/mol. The number of unbranched alkanes of at least 4 members (excludes halogenated alkanes) is 1. The molecule has 0 spiro atoms. The maximum atomic E-state index is 5.74. The fourth-order valence-electron chi connectivity index (χ4n) is 2.77. The summed E-state index contributed by atoms with van der Waals surface area (Å²) in [7, 11) is 1.66. The van der Waals surface area contributed by atoms with Gasteiger partial charge in [0.15, 0.2) is 5.82 Å². The highest BCUT2D eigenvalue weighted by Crippen LogP contribution is 2.22. The summed E-state index contributed by atoms with van der Waals surface area (Å²) < 4.78 is 10.9. The third kappa shape index (κ3) is 5.79. The van der Waals surface area contributed by atoms with E-state index in [1.807, 2.05) is 6.07 Å². The van der Waals surface area contributed by atoms with Crippen LogP contribution >= 0.6 is 0 Å². The molecule has 1 fully saturated rings. The molecule has 0 aliphatic heterocycles. The minimum Gasteiger partial charge on any atom is -0.478 e. The van der Waals surface area contributed by atoms with Crippen molar-refractivity contribution in [3.63, 3.8) is 0 Å². The first-order chi connectivity index (χ1) is 10.8. The van der Waals surface area contributed by atoms with Crippen LogP contribution < -0.4 is 10.1 Å². The molecule has 0 saturated heterocycles. The Morgan fingerprint density at radius 2 is 1.95 bits per heavy atom. The van der Waals surface area contributed by atoms with E-state index in [0.717, 1.165) is 18.7 Å². The smallest absolute Gasteiger partial charge is 0.218 e. The summed E-state index contributed by atoms with van der Waals surface area (Å²) in [5.41, 5.74) is 0. The largest absolute Gasteiger partial charge is 0.478 e. The summed E-state index contributed by atoms with van der Waals surface area (Å²) in [6, 6.07) is 2.43. The topological polar surface area (TPSA) is 56.3 Å². The number of anilines is 1. The molecule has 22 heavy (non-hydrogen) atoms. The minimum absolute atomic E-state index is 0.407. The van der Waals surface area contributed by atoms with Gasteiger partial charge in [0.25, 0.3) is 0 Å². The van der Waals surface area contributed by atoms with Crippen molar-refractivity contribution in [3.8, 4) is 5.88 Å². The Labute approximate surface area is 133 Å². The van der Waals surface area contributed by atoms with Gasteiger partial charge < -0.3 is 14.8 Å². The van der Waals surface area contributed by atoms with Gasteiger partial charge in [-0.3, -0.25) is 0 Å². The fourth-order valence-corrected chi connectivity index (χ4v) is 2.77. The lowest BCUT2D eigenvalue weighted by molar-refractivity contribution is 0.176. The minimum atomic E-state index is 0.407. The predicted molar refractivity (Wildman–Crippen MR) is 88.3 cm³/mol. The number of hydrogen-bond donors (Lipinski definition) is 1. The molecule has 1 aromatic rings. The second kappa shape index (κ2) is 9.62. The average molecular weight is 307 g/mol. The molecule has 5 heteroatoms. The van der Waals surface area contributed by atoms with Crippen molar-refractivity contribution in [1.82, 2.24) is 9.97 Å². The number of methoxy groups -OCH3 is 1. The first-order valence-electron chi connectivity index (χ1n) is 8.58. The van der Waals surface area contributed by atoms with Crippen LogP contribution in [0.5, 0.6) is 5.88 Å². The van der Waals surface area contributed by atoms with Crippen molar-refractivity contribution in [2.45, 2.75) is 70.9 Å². The van der Waals surface area contributed by atoms with Crippen LogP contribution in [0.3, 0.4) is 0 Å². The Balaban J connectivity index is 2.03. The molecule has 5 nitrogen and oxygen atoms in total. The van der Waals surface area contributed by atoms with Gasteiger partial charge in [-0.05, 0) is 19.3 Å². The van der Waals surface area contributed by atoms with E-state index in [4.69, 9.17) is 9.47 Å². The Morgan fingerprint density at radius 3 is 2.64 bits per heavy atom. The van der Waals surface area contributed by atoms with E-state index in [1.165, 1.54) is 38.5 Å². The van der Waals surface area contributed by atoms with Gasteiger partial charge in [-0.1, -0.05) is 39.0 Å². The predicted octanol–water partition coefficient (Wildman–Crippen LogP) is 3.94. The van der Waals surface area contributed by atoms with E-state index >= 15 is 0 Å². The normalized spacial score (nSPS) is 16.3. The Hall–Kier alpha value is -1.36. The lowest BCUT2D eigenvalue weighted by atomic mass is 10.1. The maximum Gasteiger partial charge on any atom is 0.218 e. The molecule has 1 aromatic heterocycles. The van der Waals surface area contributed by atoms with Crippen molar-refractivity contribution >= 4 is 5.82 Å². The highest BCUT2D eigenvalue weighted by molar-refractivity contribution is 5.39. The number of aromatic nitrogens is 2. The molecule has 1 aliphatic rings. The molecule has 0 aromatic carbocycles. The van der Waals surface area contributed by atoms with Gasteiger partial charge in [0.2, 0.25) is 5.88 Å². The van der Waals surface area contributed by atoms with Crippen LogP contribution in [-0.4, -0.2) is 29.7 Å². The number of nitrogens with zero attached hydrogens (tertiary/aromatic N) is 2. The second-order valence-electron chi connectivity index (χ2n) is 5.98. The van der Waals surface area contributed by atoms with E-state index < -0.39 is 0 Å². The van der Waals surface area contributed by atoms with Crippen LogP contribution in [0.4, 0.5) is 5.82 Å². The molecule has 124 valence electrons. The van der Waals surface area contributed by atoms with Crippen molar-refractivity contribution < 1.29 is 9.47 Å². The first kappa shape index (κ1) is 17.0. The van der Waals surface area contributed by atoms with Crippen LogP contribution in [0.25, 0.3) is 0 Å². The van der Waals surface area contributed by atoms with E-state index in [-0.39, 0.29) is 0 Å². The van der Waals surface area contributed by atoms with Crippen LogP contribution in [0.15, 0.2) is 6.07 Å². The lowest BCUT2D eigenvalue weighted by Gasteiger charge is -2.18. The van der Waals surface area contributed by atoms with E-state index in [9.17, 15) is 0 Å². The van der Waals surface area contributed by atoms with Gasteiger partial charge in [0.05, 0.1) is 6.61 Å². The Bertz CT molecular complexity index is 432. The molecule has 1 N–H and O–H groups in total. The van der Waals surface area contributed by atoms with Gasteiger partial charge in [-0.25, -0.2) is 4.98 Å². The van der Waals surface area contributed by atoms with Crippen LogP contribution in [0, 0.1) is 0 Å². The summed E-state index contributed by atoms with van der Waals surface area (Å²) in [6.07, 6.45) is 9.88. The number of ether oxygens (including phenoxy) is 2. The molecule has 0 amide bonds. The Morgan fingerprint density at radius 1 is 1.18 bits per heavy atom. The average Bonchev–Trinajstić information content (AvgIpc) is 2.76. The quantitative estimate of drug-likeness (QED) is 0.582. The molecule has 2 rings (SSSR count). The van der Waals surface area contributed by atoms with Crippen LogP contribution in [-0.2, 0) is 11.3 Å². The zero-order chi connectivity index (χ0) is 15.6. The molecular formula is C17H29N3O2. The van der Waals surface area contributed by atoms with E-state index in [0.29, 0.717) is 31.0 Å². The third-order valence-corrected chi connectivity index (χ3v) is 3.98. The SMILES string of the molecule is CCCCOc1cc(NC2CCCCCC2)nc(COC)n1. The van der Waals surface area contributed by atoms with Gasteiger partial charge in [0.1, 0.15) is 12.4 Å². The van der Waals surface area contributed by atoms with Crippen molar-refractivity contribution in [1.29, 1.82) is 0 Å². The molecular weight excluding hydrogens is 278 g/mol. The van der Waals surface area contributed by atoms with Crippen molar-refractivity contribution in [2.24, 2.45) is 0 Å². The first-order valence-corrected chi connectivity index (χ1v) is 8.58. The fraction of sp³-hybridized carbons (Fsp3) is 0.765. The molecule has 0 bridgehead atoms. The van der Waals surface area contributed by atoms with Gasteiger partial charge in [-0.15, -0.1) is 0 Å². The summed E-state index contributed by atoms with van der Waals surface area (Å²) in [5.74, 6) is 2.18. The standard InChI is InChI=1S/C17H29N3O2/c1-3-4-11-22-17-12-15(19-16(20-17)13-21-2)18-14-9-7-5-6-8-10-14/h12,14H,3-11,13H2,1-2H3,(H,18,19,20). The lowest BCUT2D eigenvalue weighted by Crippen LogP contribution is -2.20. The summed E-state index contributed by atoms with van der Waals surface area (Å²) in [5, 5.41) is 3.56. The van der Waals surface area contributed by atoms with Crippen molar-refractivity contribution in [3.05, 3.63) is 11.9 Å². The number of hydrogen-bond acceptors (Lipinski definition) is 5. The van der Waals surface area contributed by atoms with E-state index in [2.05, 4.69) is 22.2 Å². The van der Waals surface area contributed by atoms with Crippen molar-refractivity contribution in [2.75, 3.05) is 19.0 Å². The second-order valence-corrected chi connectivity index (χ2v) is 5.98. The van der Waals surface area contributed by atoms with Crippen LogP contribution in [0.2, 0.25) is 0 Å². The van der Waals surface area contributed by atoms with Gasteiger partial charge >= 0.3 is 0 Å². The Kier molecular flexibility index (Phi) is 7.43. The summed E-state index contributed by atoms with van der Waals surface area (Å²) >= 11 is 0. The number of rotatable bonds is 8. The maximum absolute atomic E-state index is 5.74. The molecule has 1 heterocycles. The highest BCUT2D eigenvalue weighted by atomic mass is 16.5. The molecule has 1 saturated carbocycles. The number of nitrogens with one attached hydrogen (secondary N) is 1. The van der Waals surface area contributed by atoms with Crippen LogP contribution in [0.1, 0.15) is 64.1 Å². The van der Waals surface area contributed by atoms with Gasteiger partial charge in [0, 0.05) is 19.2 Å². The molecule has 0 unspecified atom stereocenters. The summed E-state index contributed by atoms with van der Waals surface area (Å²) in [6.45, 7) is 3.26. The molecule has 0 radical (unpaired) electrons.